The van der Waals surface area contributed by atoms with E-state index in [1.165, 1.54) is 0 Å². The standard InChI is InChI=1S/C13H19NO2/c1-3-6-14(7-8-15)13-5-4-11(2)9-12(13)10-16/h4-5,9-10,15H,3,6-8H2,1-2H3. The fourth-order valence-corrected chi connectivity index (χ4v) is 1.80. The topological polar surface area (TPSA) is 40.5 Å². The molecule has 0 radical (unpaired) electrons. The summed E-state index contributed by atoms with van der Waals surface area (Å²) in [5, 5.41) is 9.01. The molecule has 0 aliphatic rings. The first kappa shape index (κ1) is 12.7. The summed E-state index contributed by atoms with van der Waals surface area (Å²) in [5.41, 5.74) is 2.68. The van der Waals surface area contributed by atoms with Crippen molar-refractivity contribution in [2.45, 2.75) is 20.3 Å². The van der Waals surface area contributed by atoms with Crippen LogP contribution in [0.15, 0.2) is 18.2 Å². The maximum absolute atomic E-state index is 11.0. The number of carbonyl (C=O) groups excluding carboxylic acids is 1. The molecule has 0 saturated heterocycles. The van der Waals surface area contributed by atoms with Gasteiger partial charge in [-0.3, -0.25) is 4.79 Å². The quantitative estimate of drug-likeness (QED) is 0.747. The van der Waals surface area contributed by atoms with Crippen molar-refractivity contribution >= 4 is 12.0 Å². The molecule has 1 aromatic rings. The van der Waals surface area contributed by atoms with Gasteiger partial charge in [-0.2, -0.15) is 0 Å². The van der Waals surface area contributed by atoms with E-state index in [4.69, 9.17) is 5.11 Å². The summed E-state index contributed by atoms with van der Waals surface area (Å²) in [6, 6.07) is 5.81. The van der Waals surface area contributed by atoms with Crippen LogP contribution in [0.1, 0.15) is 29.3 Å². The number of carbonyl (C=O) groups is 1. The van der Waals surface area contributed by atoms with Crippen molar-refractivity contribution < 1.29 is 9.90 Å². The minimum Gasteiger partial charge on any atom is -0.395 e. The number of hydrogen-bond acceptors (Lipinski definition) is 3. The summed E-state index contributed by atoms with van der Waals surface area (Å²) in [7, 11) is 0. The van der Waals surface area contributed by atoms with Gasteiger partial charge in [-0.25, -0.2) is 0 Å². The molecule has 3 nitrogen and oxygen atoms in total. The number of anilines is 1. The van der Waals surface area contributed by atoms with E-state index in [-0.39, 0.29) is 6.61 Å². The van der Waals surface area contributed by atoms with Crippen molar-refractivity contribution in [3.05, 3.63) is 29.3 Å². The van der Waals surface area contributed by atoms with E-state index in [1.807, 2.05) is 30.0 Å². The molecule has 0 fully saturated rings. The predicted octanol–water partition coefficient (Wildman–Crippen LogP) is 2.02. The van der Waals surface area contributed by atoms with Gasteiger partial charge in [-0.15, -0.1) is 0 Å². The Hall–Kier alpha value is -1.35. The highest BCUT2D eigenvalue weighted by molar-refractivity contribution is 5.85. The molecule has 88 valence electrons. The van der Waals surface area contributed by atoms with Crippen LogP contribution < -0.4 is 4.90 Å². The van der Waals surface area contributed by atoms with Crippen LogP contribution in [-0.4, -0.2) is 31.1 Å². The number of aldehydes is 1. The highest BCUT2D eigenvalue weighted by Crippen LogP contribution is 2.20. The van der Waals surface area contributed by atoms with Crippen LogP contribution in [-0.2, 0) is 0 Å². The monoisotopic (exact) mass is 221 g/mol. The second-order valence-corrected chi connectivity index (χ2v) is 3.89. The van der Waals surface area contributed by atoms with Crippen molar-refractivity contribution in [2.75, 3.05) is 24.6 Å². The van der Waals surface area contributed by atoms with E-state index in [0.29, 0.717) is 12.1 Å². The number of hydrogen-bond donors (Lipinski definition) is 1. The van der Waals surface area contributed by atoms with E-state index in [0.717, 1.165) is 30.5 Å². The maximum atomic E-state index is 11.0. The Bertz CT molecular complexity index is 344. The number of nitrogens with zero attached hydrogens (tertiary/aromatic N) is 1. The molecule has 0 bridgehead atoms. The molecule has 0 amide bonds. The molecular formula is C13H19NO2. The highest BCUT2D eigenvalue weighted by Gasteiger charge is 2.09. The smallest absolute Gasteiger partial charge is 0.152 e. The fraction of sp³-hybridized carbons (Fsp3) is 0.462. The first-order valence-electron chi connectivity index (χ1n) is 5.64. The molecule has 0 atom stereocenters. The Morgan fingerprint density at radius 1 is 1.38 bits per heavy atom. The fourth-order valence-electron chi connectivity index (χ4n) is 1.80. The van der Waals surface area contributed by atoms with Gasteiger partial charge in [0, 0.05) is 24.3 Å². The van der Waals surface area contributed by atoms with Gasteiger partial charge in [0.05, 0.1) is 6.61 Å². The lowest BCUT2D eigenvalue weighted by Crippen LogP contribution is -2.28. The molecule has 0 aromatic heterocycles. The Labute approximate surface area is 96.7 Å². The number of rotatable bonds is 6. The van der Waals surface area contributed by atoms with Crippen LogP contribution in [0.25, 0.3) is 0 Å². The molecular weight excluding hydrogens is 202 g/mol. The zero-order valence-corrected chi connectivity index (χ0v) is 9.94. The van der Waals surface area contributed by atoms with Gasteiger partial charge in [-0.05, 0) is 25.5 Å². The van der Waals surface area contributed by atoms with Crippen LogP contribution in [0.4, 0.5) is 5.69 Å². The lowest BCUT2D eigenvalue weighted by molar-refractivity contribution is 0.112. The Kier molecular flexibility index (Phi) is 4.99. The zero-order valence-electron chi connectivity index (χ0n) is 9.94. The van der Waals surface area contributed by atoms with Gasteiger partial charge in [0.15, 0.2) is 6.29 Å². The van der Waals surface area contributed by atoms with Crippen LogP contribution in [0.5, 0.6) is 0 Å². The van der Waals surface area contributed by atoms with Crippen molar-refractivity contribution in [1.82, 2.24) is 0 Å². The minimum atomic E-state index is 0.103. The second-order valence-electron chi connectivity index (χ2n) is 3.89. The van der Waals surface area contributed by atoms with E-state index in [9.17, 15) is 4.79 Å². The SMILES string of the molecule is CCCN(CCO)c1ccc(C)cc1C=O. The molecule has 1 N–H and O–H groups in total. The molecule has 0 spiro atoms. The van der Waals surface area contributed by atoms with E-state index in [1.54, 1.807) is 0 Å². The predicted molar refractivity (Wildman–Crippen MR) is 66.2 cm³/mol. The lowest BCUT2D eigenvalue weighted by atomic mass is 10.1. The zero-order chi connectivity index (χ0) is 12.0. The van der Waals surface area contributed by atoms with E-state index in [2.05, 4.69) is 6.92 Å². The van der Waals surface area contributed by atoms with Gasteiger partial charge in [0.2, 0.25) is 0 Å². The first-order chi connectivity index (χ1) is 7.72. The normalized spacial score (nSPS) is 10.2. The third-order valence-corrected chi connectivity index (χ3v) is 2.51. The third kappa shape index (κ3) is 3.07. The molecule has 0 aliphatic carbocycles. The lowest BCUT2D eigenvalue weighted by Gasteiger charge is -2.24. The molecule has 1 aromatic carbocycles. The number of benzene rings is 1. The Morgan fingerprint density at radius 2 is 2.12 bits per heavy atom. The summed E-state index contributed by atoms with van der Waals surface area (Å²) in [6.07, 6.45) is 1.87. The third-order valence-electron chi connectivity index (χ3n) is 2.51. The summed E-state index contributed by atoms with van der Waals surface area (Å²) in [6.45, 7) is 5.57. The Balaban J connectivity index is 3.02. The van der Waals surface area contributed by atoms with E-state index >= 15 is 0 Å². The first-order valence-corrected chi connectivity index (χ1v) is 5.64. The van der Waals surface area contributed by atoms with Gasteiger partial charge in [0.25, 0.3) is 0 Å². The van der Waals surface area contributed by atoms with Gasteiger partial charge in [-0.1, -0.05) is 18.6 Å². The molecule has 0 saturated carbocycles. The molecule has 16 heavy (non-hydrogen) atoms. The summed E-state index contributed by atoms with van der Waals surface area (Å²) < 4.78 is 0. The van der Waals surface area contributed by atoms with Crippen LogP contribution in [0.2, 0.25) is 0 Å². The van der Waals surface area contributed by atoms with Crippen molar-refractivity contribution in [2.24, 2.45) is 0 Å². The summed E-state index contributed by atoms with van der Waals surface area (Å²) in [5.74, 6) is 0. The minimum absolute atomic E-state index is 0.103. The van der Waals surface area contributed by atoms with Gasteiger partial charge in [0.1, 0.15) is 0 Å². The van der Waals surface area contributed by atoms with Crippen molar-refractivity contribution in [3.8, 4) is 0 Å². The number of aliphatic hydroxyl groups is 1. The number of aryl methyl sites for hydroxylation is 1. The van der Waals surface area contributed by atoms with Crippen LogP contribution >= 0.6 is 0 Å². The largest absolute Gasteiger partial charge is 0.395 e. The second kappa shape index (κ2) is 6.28. The molecule has 0 unspecified atom stereocenters. The Morgan fingerprint density at radius 3 is 2.69 bits per heavy atom. The molecule has 0 heterocycles. The van der Waals surface area contributed by atoms with Gasteiger partial charge >= 0.3 is 0 Å². The average molecular weight is 221 g/mol. The summed E-state index contributed by atoms with van der Waals surface area (Å²) in [4.78, 5) is 13.0. The highest BCUT2D eigenvalue weighted by atomic mass is 16.3. The molecule has 3 heteroatoms. The van der Waals surface area contributed by atoms with Gasteiger partial charge < -0.3 is 10.0 Å². The van der Waals surface area contributed by atoms with E-state index < -0.39 is 0 Å². The number of aliphatic hydroxyl groups excluding tert-OH is 1. The summed E-state index contributed by atoms with van der Waals surface area (Å²) >= 11 is 0. The maximum Gasteiger partial charge on any atom is 0.152 e. The average Bonchev–Trinajstić information content (AvgIpc) is 2.28. The van der Waals surface area contributed by atoms with Crippen molar-refractivity contribution in [3.63, 3.8) is 0 Å². The molecule has 1 rings (SSSR count). The van der Waals surface area contributed by atoms with Crippen LogP contribution in [0.3, 0.4) is 0 Å². The molecule has 0 aliphatic heterocycles. The van der Waals surface area contributed by atoms with Crippen LogP contribution in [0, 0.1) is 6.92 Å². The van der Waals surface area contributed by atoms with Crippen molar-refractivity contribution in [1.29, 1.82) is 0 Å².